The molecule has 0 unspecified atom stereocenters. The maximum Gasteiger partial charge on any atom is 0.235 e. The van der Waals surface area contributed by atoms with E-state index in [4.69, 9.17) is 9.72 Å². The fraction of sp³-hybridized carbons (Fsp3) is 0.100. The number of aromatic nitrogens is 3. The second-order valence-electron chi connectivity index (χ2n) is 5.82. The number of hydrogen-bond donors (Lipinski definition) is 1. The number of anilines is 2. The first-order valence-electron chi connectivity index (χ1n) is 8.06. The van der Waals surface area contributed by atoms with Crippen molar-refractivity contribution in [1.82, 2.24) is 14.4 Å². The van der Waals surface area contributed by atoms with Gasteiger partial charge in [-0.05, 0) is 37.3 Å². The Morgan fingerprint density at radius 3 is 2.48 bits per heavy atom. The molecule has 0 fully saturated rings. The van der Waals surface area contributed by atoms with Crippen LogP contribution in [0.15, 0.2) is 67.0 Å². The second-order valence-corrected chi connectivity index (χ2v) is 5.82. The molecular formula is C20H18N4O. The topological polar surface area (TPSA) is 51.5 Å². The zero-order valence-corrected chi connectivity index (χ0v) is 14.1. The van der Waals surface area contributed by atoms with E-state index in [1.54, 1.807) is 13.3 Å². The molecule has 0 amide bonds. The van der Waals surface area contributed by atoms with Gasteiger partial charge >= 0.3 is 0 Å². The van der Waals surface area contributed by atoms with Crippen molar-refractivity contribution in [2.24, 2.45) is 0 Å². The first-order chi connectivity index (χ1) is 12.2. The average molecular weight is 330 g/mol. The van der Waals surface area contributed by atoms with E-state index in [9.17, 15) is 0 Å². The molecule has 0 saturated carbocycles. The minimum atomic E-state index is 0.661. The van der Waals surface area contributed by atoms with E-state index in [0.717, 1.165) is 28.5 Å². The number of fused-ring (bicyclic) bond motifs is 1. The van der Waals surface area contributed by atoms with Gasteiger partial charge in [-0.15, -0.1) is 0 Å². The van der Waals surface area contributed by atoms with Gasteiger partial charge in [0, 0.05) is 23.6 Å². The molecule has 0 atom stereocenters. The number of aryl methyl sites for hydroxylation is 1. The van der Waals surface area contributed by atoms with Gasteiger partial charge in [-0.25, -0.2) is 9.97 Å². The van der Waals surface area contributed by atoms with Gasteiger partial charge in [0.1, 0.15) is 17.3 Å². The highest BCUT2D eigenvalue weighted by atomic mass is 16.5. The number of hydrogen-bond acceptors (Lipinski definition) is 4. The summed E-state index contributed by atoms with van der Waals surface area (Å²) in [7, 11) is 1.66. The number of benzene rings is 2. The van der Waals surface area contributed by atoms with Gasteiger partial charge in [-0.2, -0.15) is 0 Å². The summed E-state index contributed by atoms with van der Waals surface area (Å²) in [6.45, 7) is 2.07. The summed E-state index contributed by atoms with van der Waals surface area (Å²) in [5.41, 5.74) is 4.09. The minimum absolute atomic E-state index is 0.661. The molecule has 2 aromatic heterocycles. The predicted octanol–water partition coefficient (Wildman–Crippen LogP) is 4.46. The van der Waals surface area contributed by atoms with Crippen molar-refractivity contribution in [2.45, 2.75) is 6.92 Å². The molecule has 5 nitrogen and oxygen atoms in total. The quantitative estimate of drug-likeness (QED) is 0.600. The molecule has 0 aliphatic heterocycles. The number of rotatable bonds is 4. The van der Waals surface area contributed by atoms with Crippen LogP contribution in [0, 0.1) is 6.92 Å². The van der Waals surface area contributed by atoms with Crippen molar-refractivity contribution < 1.29 is 4.74 Å². The fourth-order valence-electron chi connectivity index (χ4n) is 2.73. The summed E-state index contributed by atoms with van der Waals surface area (Å²) in [5.74, 6) is 2.37. The standard InChI is InChI=1S/C20H18N4O/c1-14-4-6-15(7-5-14)18-19(24-13-3-12-21-20(24)23-18)22-16-8-10-17(25-2)11-9-16/h3-13,22H,1-2H3. The van der Waals surface area contributed by atoms with E-state index in [1.807, 2.05) is 40.9 Å². The van der Waals surface area contributed by atoms with Crippen molar-refractivity contribution in [3.05, 3.63) is 72.6 Å². The normalized spacial score (nSPS) is 10.8. The maximum absolute atomic E-state index is 5.22. The van der Waals surface area contributed by atoms with Crippen LogP contribution in [0.4, 0.5) is 11.5 Å². The van der Waals surface area contributed by atoms with Crippen LogP contribution >= 0.6 is 0 Å². The molecule has 1 N–H and O–H groups in total. The van der Waals surface area contributed by atoms with Crippen LogP contribution in [0.5, 0.6) is 5.75 Å². The van der Waals surface area contributed by atoms with Crippen LogP contribution in [0.25, 0.3) is 17.0 Å². The van der Waals surface area contributed by atoms with Gasteiger partial charge < -0.3 is 10.1 Å². The lowest BCUT2D eigenvalue weighted by Gasteiger charge is -2.09. The van der Waals surface area contributed by atoms with Crippen molar-refractivity contribution in [3.63, 3.8) is 0 Å². The van der Waals surface area contributed by atoms with Crippen molar-refractivity contribution >= 4 is 17.3 Å². The Morgan fingerprint density at radius 2 is 1.76 bits per heavy atom. The molecule has 124 valence electrons. The van der Waals surface area contributed by atoms with Crippen molar-refractivity contribution in [1.29, 1.82) is 0 Å². The Balaban J connectivity index is 1.82. The summed E-state index contributed by atoms with van der Waals surface area (Å²) < 4.78 is 7.18. The van der Waals surface area contributed by atoms with Crippen molar-refractivity contribution in [3.8, 4) is 17.0 Å². The molecule has 5 heteroatoms. The zero-order chi connectivity index (χ0) is 17.2. The molecule has 2 heterocycles. The van der Waals surface area contributed by atoms with E-state index in [-0.39, 0.29) is 0 Å². The molecule has 2 aromatic carbocycles. The van der Waals surface area contributed by atoms with Gasteiger partial charge in [0.15, 0.2) is 0 Å². The van der Waals surface area contributed by atoms with E-state index in [0.29, 0.717) is 5.78 Å². The maximum atomic E-state index is 5.22. The SMILES string of the molecule is COc1ccc(Nc2c(-c3ccc(C)cc3)nc3ncccn23)cc1. The monoisotopic (exact) mass is 330 g/mol. The largest absolute Gasteiger partial charge is 0.497 e. The highest BCUT2D eigenvalue weighted by Gasteiger charge is 2.15. The fourth-order valence-corrected chi connectivity index (χ4v) is 2.73. The average Bonchev–Trinajstić information content (AvgIpc) is 3.02. The highest BCUT2D eigenvalue weighted by molar-refractivity contribution is 5.79. The molecule has 25 heavy (non-hydrogen) atoms. The number of methoxy groups -OCH3 is 1. The molecule has 0 aliphatic carbocycles. The Bertz CT molecular complexity index is 1000. The third-order valence-corrected chi connectivity index (χ3v) is 4.08. The Hall–Kier alpha value is -3.34. The van der Waals surface area contributed by atoms with Gasteiger partial charge in [-0.3, -0.25) is 4.40 Å². The van der Waals surface area contributed by atoms with Gasteiger partial charge in [-0.1, -0.05) is 29.8 Å². The van der Waals surface area contributed by atoms with E-state index < -0.39 is 0 Å². The molecule has 0 saturated heterocycles. The Morgan fingerprint density at radius 1 is 1.00 bits per heavy atom. The van der Waals surface area contributed by atoms with Gasteiger partial charge in [0.25, 0.3) is 0 Å². The first kappa shape index (κ1) is 15.2. The molecule has 0 aliphatic rings. The molecule has 4 rings (SSSR count). The van der Waals surface area contributed by atoms with Crippen LogP contribution in [-0.4, -0.2) is 21.5 Å². The molecule has 0 spiro atoms. The van der Waals surface area contributed by atoms with Crippen LogP contribution in [0.1, 0.15) is 5.56 Å². The Labute approximate surface area is 145 Å². The number of ether oxygens (including phenoxy) is 1. The van der Waals surface area contributed by atoms with Crippen molar-refractivity contribution in [2.75, 3.05) is 12.4 Å². The zero-order valence-electron chi connectivity index (χ0n) is 14.1. The number of imidazole rings is 1. The van der Waals surface area contributed by atoms with E-state index >= 15 is 0 Å². The summed E-state index contributed by atoms with van der Waals surface area (Å²) in [5, 5.41) is 3.46. The summed E-state index contributed by atoms with van der Waals surface area (Å²) >= 11 is 0. The molecule has 0 radical (unpaired) electrons. The van der Waals surface area contributed by atoms with Crippen LogP contribution < -0.4 is 10.1 Å². The van der Waals surface area contributed by atoms with E-state index in [2.05, 4.69) is 41.5 Å². The van der Waals surface area contributed by atoms with E-state index in [1.165, 1.54) is 5.56 Å². The first-order valence-corrected chi connectivity index (χ1v) is 8.06. The third kappa shape index (κ3) is 2.92. The van der Waals surface area contributed by atoms with Crippen LogP contribution in [0.2, 0.25) is 0 Å². The summed E-state index contributed by atoms with van der Waals surface area (Å²) in [6.07, 6.45) is 3.71. The lowest BCUT2D eigenvalue weighted by atomic mass is 10.1. The molecule has 4 aromatic rings. The lowest BCUT2D eigenvalue weighted by Crippen LogP contribution is -1.97. The van der Waals surface area contributed by atoms with Crippen LogP contribution in [0.3, 0.4) is 0 Å². The Kier molecular flexibility index (Phi) is 3.82. The molecular weight excluding hydrogens is 312 g/mol. The number of nitrogens with one attached hydrogen (secondary N) is 1. The second kappa shape index (κ2) is 6.28. The lowest BCUT2D eigenvalue weighted by molar-refractivity contribution is 0.415. The minimum Gasteiger partial charge on any atom is -0.497 e. The van der Waals surface area contributed by atoms with Gasteiger partial charge in [0.05, 0.1) is 7.11 Å². The number of nitrogens with zero attached hydrogens (tertiary/aromatic N) is 3. The summed E-state index contributed by atoms with van der Waals surface area (Å²) in [6, 6.07) is 18.0. The highest BCUT2D eigenvalue weighted by Crippen LogP contribution is 2.31. The smallest absolute Gasteiger partial charge is 0.235 e. The van der Waals surface area contributed by atoms with Crippen LogP contribution in [-0.2, 0) is 0 Å². The molecule has 0 bridgehead atoms. The third-order valence-electron chi connectivity index (χ3n) is 4.08. The summed E-state index contributed by atoms with van der Waals surface area (Å²) in [4.78, 5) is 9.07. The predicted molar refractivity (Wildman–Crippen MR) is 99.4 cm³/mol. The van der Waals surface area contributed by atoms with Gasteiger partial charge in [0.2, 0.25) is 5.78 Å².